The van der Waals surface area contributed by atoms with Crippen molar-refractivity contribution in [2.24, 2.45) is 0 Å². The maximum atomic E-state index is 9.31. The Balaban J connectivity index is 0.000000246. The molecule has 0 atom stereocenters. The van der Waals surface area contributed by atoms with Gasteiger partial charge in [0.05, 0.1) is 0 Å². The summed E-state index contributed by atoms with van der Waals surface area (Å²) in [4.78, 5) is 7.35. The third-order valence-electron chi connectivity index (χ3n) is 3.94. The van der Waals surface area contributed by atoms with Crippen LogP contribution >= 0.6 is 0 Å². The van der Waals surface area contributed by atoms with Crippen molar-refractivity contribution in [3.63, 3.8) is 0 Å². The van der Waals surface area contributed by atoms with E-state index in [-0.39, 0.29) is 56.8 Å². The van der Waals surface area contributed by atoms with Gasteiger partial charge in [-0.15, -0.1) is 5.39 Å². The number of benzene rings is 3. The second kappa shape index (κ2) is 10.5. The molecule has 0 aliphatic rings. The van der Waals surface area contributed by atoms with Gasteiger partial charge in [0.25, 0.3) is 0 Å². The first kappa shape index (κ1) is 23.2. The van der Waals surface area contributed by atoms with Gasteiger partial charge in [-0.3, -0.25) is 4.98 Å². The van der Waals surface area contributed by atoms with Crippen LogP contribution in [0.2, 0.25) is 0 Å². The van der Waals surface area contributed by atoms with E-state index >= 15 is 0 Å². The average Bonchev–Trinajstić information content (AvgIpc) is 3.02. The van der Waals surface area contributed by atoms with Crippen molar-refractivity contribution in [2.75, 3.05) is 0 Å². The number of nitrogens with zero attached hydrogens (tertiary/aromatic N) is 1. The fraction of sp³-hybridized carbons (Fsp3) is 0. The van der Waals surface area contributed by atoms with Crippen molar-refractivity contribution in [1.29, 1.82) is 0 Å². The molecule has 2 heterocycles. The Morgan fingerprint density at radius 3 is 2.37 bits per heavy atom. The van der Waals surface area contributed by atoms with Gasteiger partial charge in [-0.2, -0.15) is 24.3 Å². The fourth-order valence-electron chi connectivity index (χ4n) is 2.81. The molecule has 0 aliphatic heterocycles. The van der Waals surface area contributed by atoms with E-state index in [2.05, 4.69) is 40.3 Å². The maximum Gasteiger partial charge on any atom is 3.00 e. The Morgan fingerprint density at radius 1 is 0.815 bits per heavy atom. The topological polar surface area (TPSA) is 48.9 Å². The summed E-state index contributed by atoms with van der Waals surface area (Å²) >= 11 is 0. The monoisotopic (exact) mass is 471 g/mol. The molecule has 0 aliphatic carbocycles. The number of H-pyrrole nitrogens is 1. The van der Waals surface area contributed by atoms with E-state index in [1.165, 1.54) is 16.3 Å². The van der Waals surface area contributed by atoms with Gasteiger partial charge < -0.3 is 34.9 Å². The van der Waals surface area contributed by atoms with Crippen LogP contribution in [0.3, 0.4) is 0 Å². The molecule has 0 fully saturated rings. The molecule has 5 aromatic rings. The molecule has 133 valence electrons. The van der Waals surface area contributed by atoms with Crippen molar-refractivity contribution in [3.05, 3.63) is 85.1 Å². The Kier molecular flexibility index (Phi) is 8.98. The molecule has 0 unspecified atom stereocenters. The van der Waals surface area contributed by atoms with Crippen molar-refractivity contribution < 1.29 is 56.1 Å². The fourth-order valence-corrected chi connectivity index (χ4v) is 2.81. The molecule has 3 nitrogen and oxygen atoms in total. The summed E-state index contributed by atoms with van der Waals surface area (Å²) in [6.07, 6.45) is 1.67. The van der Waals surface area contributed by atoms with Gasteiger partial charge in [0.1, 0.15) is 11.3 Å². The number of phenols is 1. The minimum atomic E-state index is 0. The molecular weight excluding hydrogens is 458 g/mol. The Hall–Kier alpha value is -1.87. The number of para-hydroxylation sites is 3. The van der Waals surface area contributed by atoms with Crippen LogP contribution in [-0.4, -0.2) is 15.1 Å². The van der Waals surface area contributed by atoms with Crippen molar-refractivity contribution in [1.82, 2.24) is 9.97 Å². The zero-order chi connectivity index (χ0) is 16.4. The molecule has 0 saturated heterocycles. The molecular formula is C21H15Cl2N2OZr. The van der Waals surface area contributed by atoms with Crippen LogP contribution in [-0.2, 0) is 26.2 Å². The number of halogens is 2. The van der Waals surface area contributed by atoms with Gasteiger partial charge in [-0.25, -0.2) is 0 Å². The first-order valence-corrected chi connectivity index (χ1v) is 7.73. The first-order valence-electron chi connectivity index (χ1n) is 7.73. The summed E-state index contributed by atoms with van der Waals surface area (Å²) in [5, 5.41) is 12.8. The summed E-state index contributed by atoms with van der Waals surface area (Å²) < 4.78 is 0. The Morgan fingerprint density at radius 2 is 1.56 bits per heavy atom. The molecule has 27 heavy (non-hydrogen) atoms. The molecule has 3 aromatic carbocycles. The predicted octanol–water partition coefficient (Wildman–Crippen LogP) is -0.933. The minimum absolute atomic E-state index is 0. The van der Waals surface area contributed by atoms with Gasteiger partial charge >= 0.3 is 26.2 Å². The van der Waals surface area contributed by atoms with E-state index in [1.807, 2.05) is 36.4 Å². The zero-order valence-electron chi connectivity index (χ0n) is 14.2. The van der Waals surface area contributed by atoms with Crippen LogP contribution in [0.15, 0.2) is 79.0 Å². The third kappa shape index (κ3) is 4.90. The predicted molar refractivity (Wildman–Crippen MR) is 98.0 cm³/mol. The number of hydrogen-bond acceptors (Lipinski definition) is 2. The van der Waals surface area contributed by atoms with E-state index in [1.54, 1.807) is 18.3 Å². The minimum Gasteiger partial charge on any atom is -1.00 e. The normalized spacial score (nSPS) is 9.48. The molecule has 0 spiro atoms. The summed E-state index contributed by atoms with van der Waals surface area (Å²) in [5.41, 5.74) is 2.93. The Labute approximate surface area is 188 Å². The number of hydrogen-bond donors (Lipinski definition) is 2. The van der Waals surface area contributed by atoms with Crippen molar-refractivity contribution >= 4 is 32.7 Å². The van der Waals surface area contributed by atoms with E-state index in [0.29, 0.717) is 5.52 Å². The van der Waals surface area contributed by atoms with Crippen LogP contribution in [0.4, 0.5) is 0 Å². The molecule has 0 saturated carbocycles. The van der Waals surface area contributed by atoms with Crippen LogP contribution in [0.25, 0.3) is 32.7 Å². The number of aromatic nitrogens is 2. The summed E-state index contributed by atoms with van der Waals surface area (Å²) in [7, 11) is 0. The number of rotatable bonds is 0. The smallest absolute Gasteiger partial charge is 1.00 e. The zero-order valence-corrected chi connectivity index (χ0v) is 18.1. The third-order valence-corrected chi connectivity index (χ3v) is 3.94. The van der Waals surface area contributed by atoms with Crippen molar-refractivity contribution in [3.8, 4) is 5.75 Å². The maximum absolute atomic E-state index is 9.31. The van der Waals surface area contributed by atoms with E-state index in [0.717, 1.165) is 10.9 Å². The van der Waals surface area contributed by atoms with Gasteiger partial charge in [0.2, 0.25) is 0 Å². The van der Waals surface area contributed by atoms with Crippen molar-refractivity contribution in [2.45, 2.75) is 0 Å². The molecule has 6 heteroatoms. The summed E-state index contributed by atoms with van der Waals surface area (Å²) in [5.74, 6) is 0.239. The molecule has 1 radical (unpaired) electrons. The van der Waals surface area contributed by atoms with Crippen LogP contribution < -0.4 is 24.8 Å². The van der Waals surface area contributed by atoms with Crippen LogP contribution in [0.5, 0.6) is 5.75 Å². The van der Waals surface area contributed by atoms with Gasteiger partial charge in [-0.05, 0) is 23.6 Å². The van der Waals surface area contributed by atoms with Crippen LogP contribution in [0.1, 0.15) is 0 Å². The number of fused-ring (bicyclic) bond motifs is 4. The largest absolute Gasteiger partial charge is 3.00 e. The standard InChI is InChI=1S/C12H8N.C9H7NO.2ClH.Zr/c1-3-7-11-9(5-1)10-6-2-4-8-12(10)13-11;11-8-5-1-3-7-4-2-6-10-9(7)8;;;/h1-7,13H;1-6,11H;2*1H;/q-1;;;;+3/p-2. The molecule has 2 N–H and O–H groups in total. The molecule has 2 aromatic heterocycles. The number of aromatic amines is 1. The van der Waals surface area contributed by atoms with Gasteiger partial charge in [0.15, 0.2) is 0 Å². The van der Waals surface area contributed by atoms with Gasteiger partial charge in [-0.1, -0.05) is 41.9 Å². The molecule has 0 amide bonds. The number of phenolic OH excluding ortho intramolecular Hbond substituents is 1. The summed E-state index contributed by atoms with van der Waals surface area (Å²) in [6.45, 7) is 0. The first-order chi connectivity index (χ1) is 11.8. The SMILES string of the molecule is Oc1cccc2cccnc12.[Cl-].[Cl-].[Zr+3].[c-]1cccc2c1[nH]c1ccccc12. The number of nitrogens with one attached hydrogen (secondary N) is 1. The van der Waals surface area contributed by atoms with Crippen LogP contribution in [0, 0.1) is 6.07 Å². The second-order valence-electron chi connectivity index (χ2n) is 5.48. The van der Waals surface area contributed by atoms with E-state index in [4.69, 9.17) is 0 Å². The quantitative estimate of drug-likeness (QED) is 0.286. The van der Waals surface area contributed by atoms with E-state index < -0.39 is 0 Å². The number of pyridine rings is 1. The Bertz CT molecular complexity index is 1090. The van der Waals surface area contributed by atoms with E-state index in [9.17, 15) is 5.11 Å². The van der Waals surface area contributed by atoms with Gasteiger partial charge in [0, 0.05) is 17.1 Å². The summed E-state index contributed by atoms with van der Waals surface area (Å²) in [6, 6.07) is 26.7. The number of aromatic hydroxyl groups is 1. The average molecular weight is 473 g/mol. The molecule has 5 rings (SSSR count). The molecule has 0 bridgehead atoms. The second-order valence-corrected chi connectivity index (χ2v) is 5.48.